The first kappa shape index (κ1) is 15.1. The first-order chi connectivity index (χ1) is 8.77. The minimum Gasteiger partial charge on any atom is -0.313 e. The van der Waals surface area contributed by atoms with Crippen LogP contribution in [0.4, 0.5) is 0 Å². The van der Waals surface area contributed by atoms with E-state index in [1.165, 1.54) is 36.1 Å². The van der Waals surface area contributed by atoms with E-state index < -0.39 is 0 Å². The molecule has 18 heavy (non-hydrogen) atoms. The number of benzene rings is 1. The molecule has 0 saturated heterocycles. The van der Waals surface area contributed by atoms with Gasteiger partial charge in [0.05, 0.1) is 11.6 Å². The van der Waals surface area contributed by atoms with E-state index in [0.717, 1.165) is 18.7 Å². The number of thioether (sulfide) groups is 1. The highest BCUT2D eigenvalue weighted by Gasteiger charge is 1.99. The Kier molecular flexibility index (Phi) is 7.55. The van der Waals surface area contributed by atoms with Crippen LogP contribution in [0, 0.1) is 18.3 Å². The number of hydrogen-bond donors (Lipinski definition) is 1. The molecule has 0 radical (unpaired) electrons. The molecule has 0 amide bonds. The molecule has 1 rings (SSSR count). The Bertz CT molecular complexity index is 396. The monoisotopic (exact) mass is 262 g/mol. The standard InChI is InChI=1S/C15H22N2S/c1-13-10-14(11-16)6-7-15(13)12-17-8-4-3-5-9-18-2/h6-7,10,17H,3-5,8-9,12H2,1-2H3. The number of nitrogens with zero attached hydrogens (tertiary/aromatic N) is 1. The Morgan fingerprint density at radius 2 is 2.11 bits per heavy atom. The molecule has 0 aliphatic heterocycles. The summed E-state index contributed by atoms with van der Waals surface area (Å²) in [6.07, 6.45) is 6.03. The smallest absolute Gasteiger partial charge is 0.0991 e. The molecule has 1 aromatic rings. The maximum Gasteiger partial charge on any atom is 0.0991 e. The van der Waals surface area contributed by atoms with Gasteiger partial charge in [-0.1, -0.05) is 12.5 Å². The van der Waals surface area contributed by atoms with Gasteiger partial charge in [0.15, 0.2) is 0 Å². The highest BCUT2D eigenvalue weighted by Crippen LogP contribution is 2.10. The van der Waals surface area contributed by atoms with E-state index in [0.29, 0.717) is 0 Å². The number of unbranched alkanes of at least 4 members (excludes halogenated alkanes) is 2. The van der Waals surface area contributed by atoms with E-state index >= 15 is 0 Å². The molecule has 0 fully saturated rings. The molecule has 0 aliphatic carbocycles. The van der Waals surface area contributed by atoms with E-state index in [-0.39, 0.29) is 0 Å². The van der Waals surface area contributed by atoms with Gasteiger partial charge in [0, 0.05) is 6.54 Å². The van der Waals surface area contributed by atoms with Crippen LogP contribution in [-0.2, 0) is 6.54 Å². The normalized spacial score (nSPS) is 10.3. The van der Waals surface area contributed by atoms with Crippen LogP contribution in [-0.4, -0.2) is 18.6 Å². The van der Waals surface area contributed by atoms with Crippen LogP contribution < -0.4 is 5.32 Å². The second kappa shape index (κ2) is 9.02. The zero-order valence-corrected chi connectivity index (χ0v) is 12.1. The average Bonchev–Trinajstić information content (AvgIpc) is 2.39. The SMILES string of the molecule is CSCCCCCNCc1ccc(C#N)cc1C. The van der Waals surface area contributed by atoms with Crippen molar-refractivity contribution in [3.05, 3.63) is 34.9 Å². The van der Waals surface area contributed by atoms with Crippen LogP contribution in [0.3, 0.4) is 0 Å². The molecule has 98 valence electrons. The van der Waals surface area contributed by atoms with Crippen LogP contribution in [0.25, 0.3) is 0 Å². The maximum atomic E-state index is 8.80. The third-order valence-corrected chi connectivity index (χ3v) is 3.69. The summed E-state index contributed by atoms with van der Waals surface area (Å²) in [5, 5.41) is 12.3. The number of rotatable bonds is 8. The molecular weight excluding hydrogens is 240 g/mol. The van der Waals surface area contributed by atoms with Crippen molar-refractivity contribution in [1.29, 1.82) is 5.26 Å². The van der Waals surface area contributed by atoms with Crippen molar-refractivity contribution in [2.45, 2.75) is 32.7 Å². The molecule has 0 aliphatic rings. The van der Waals surface area contributed by atoms with Crippen LogP contribution in [0.1, 0.15) is 36.0 Å². The molecule has 1 N–H and O–H groups in total. The zero-order chi connectivity index (χ0) is 13.2. The Morgan fingerprint density at radius 1 is 1.28 bits per heavy atom. The van der Waals surface area contributed by atoms with Crippen molar-refractivity contribution >= 4 is 11.8 Å². The minimum absolute atomic E-state index is 0.744. The summed E-state index contributed by atoms with van der Waals surface area (Å²) >= 11 is 1.92. The van der Waals surface area contributed by atoms with Gasteiger partial charge < -0.3 is 5.32 Å². The van der Waals surface area contributed by atoms with Crippen LogP contribution in [0.5, 0.6) is 0 Å². The van der Waals surface area contributed by atoms with Crippen LogP contribution in [0.2, 0.25) is 0 Å². The van der Waals surface area contributed by atoms with Crippen molar-refractivity contribution in [2.75, 3.05) is 18.6 Å². The fraction of sp³-hybridized carbons (Fsp3) is 0.533. The van der Waals surface area contributed by atoms with Crippen molar-refractivity contribution in [3.8, 4) is 6.07 Å². The summed E-state index contributed by atoms with van der Waals surface area (Å²) in [6.45, 7) is 4.05. The highest BCUT2D eigenvalue weighted by atomic mass is 32.2. The first-order valence-corrected chi connectivity index (χ1v) is 7.86. The molecule has 0 heterocycles. The predicted octanol–water partition coefficient (Wildman–Crippen LogP) is 3.49. The topological polar surface area (TPSA) is 35.8 Å². The number of nitrogens with one attached hydrogen (secondary N) is 1. The number of nitriles is 1. The summed E-state index contributed by atoms with van der Waals surface area (Å²) in [6, 6.07) is 8.06. The molecule has 0 unspecified atom stereocenters. The Balaban J connectivity index is 2.21. The number of aryl methyl sites for hydroxylation is 1. The van der Waals surface area contributed by atoms with Crippen LogP contribution >= 0.6 is 11.8 Å². The predicted molar refractivity (Wildman–Crippen MR) is 79.8 cm³/mol. The molecule has 1 aromatic carbocycles. The lowest BCUT2D eigenvalue weighted by atomic mass is 10.1. The van der Waals surface area contributed by atoms with E-state index in [4.69, 9.17) is 5.26 Å². The van der Waals surface area contributed by atoms with E-state index in [1.54, 1.807) is 0 Å². The second-order valence-corrected chi connectivity index (χ2v) is 5.47. The summed E-state index contributed by atoms with van der Waals surface area (Å²) in [5.74, 6) is 1.27. The summed E-state index contributed by atoms with van der Waals surface area (Å²) in [4.78, 5) is 0. The Morgan fingerprint density at radius 3 is 2.78 bits per heavy atom. The van der Waals surface area contributed by atoms with Gasteiger partial charge in [-0.15, -0.1) is 0 Å². The molecule has 0 saturated carbocycles. The lowest BCUT2D eigenvalue weighted by Gasteiger charge is -2.08. The molecule has 0 bridgehead atoms. The Hall–Kier alpha value is -0.980. The highest BCUT2D eigenvalue weighted by molar-refractivity contribution is 7.98. The fourth-order valence-corrected chi connectivity index (χ4v) is 2.35. The van der Waals surface area contributed by atoms with Gasteiger partial charge in [-0.3, -0.25) is 0 Å². The van der Waals surface area contributed by atoms with Gasteiger partial charge in [0.1, 0.15) is 0 Å². The third kappa shape index (κ3) is 5.57. The Labute approximate surface area is 115 Å². The van der Waals surface area contributed by atoms with Gasteiger partial charge in [-0.2, -0.15) is 17.0 Å². The zero-order valence-electron chi connectivity index (χ0n) is 11.3. The fourth-order valence-electron chi connectivity index (χ4n) is 1.86. The maximum absolute atomic E-state index is 8.80. The van der Waals surface area contributed by atoms with Crippen molar-refractivity contribution in [3.63, 3.8) is 0 Å². The van der Waals surface area contributed by atoms with Crippen LogP contribution in [0.15, 0.2) is 18.2 Å². The summed E-state index contributed by atoms with van der Waals surface area (Å²) in [5.41, 5.74) is 3.23. The second-order valence-electron chi connectivity index (χ2n) is 4.48. The lowest BCUT2D eigenvalue weighted by Crippen LogP contribution is -2.15. The molecule has 0 spiro atoms. The van der Waals surface area contributed by atoms with Gasteiger partial charge in [0.2, 0.25) is 0 Å². The summed E-state index contributed by atoms with van der Waals surface area (Å²) < 4.78 is 0. The third-order valence-electron chi connectivity index (χ3n) is 2.99. The van der Waals surface area contributed by atoms with E-state index in [2.05, 4.69) is 30.6 Å². The summed E-state index contributed by atoms with van der Waals surface area (Å²) in [7, 11) is 0. The lowest BCUT2D eigenvalue weighted by molar-refractivity contribution is 0.617. The quantitative estimate of drug-likeness (QED) is 0.728. The average molecular weight is 262 g/mol. The number of hydrogen-bond acceptors (Lipinski definition) is 3. The molecular formula is C15H22N2S. The molecule has 0 atom stereocenters. The largest absolute Gasteiger partial charge is 0.313 e. The van der Waals surface area contributed by atoms with Crippen molar-refractivity contribution < 1.29 is 0 Å². The van der Waals surface area contributed by atoms with Crippen molar-refractivity contribution in [1.82, 2.24) is 5.32 Å². The molecule has 0 aromatic heterocycles. The minimum atomic E-state index is 0.744. The first-order valence-electron chi connectivity index (χ1n) is 6.47. The van der Waals surface area contributed by atoms with Gasteiger partial charge >= 0.3 is 0 Å². The van der Waals surface area contributed by atoms with Gasteiger partial charge in [-0.25, -0.2) is 0 Å². The van der Waals surface area contributed by atoms with E-state index in [1.807, 2.05) is 23.9 Å². The van der Waals surface area contributed by atoms with Crippen molar-refractivity contribution in [2.24, 2.45) is 0 Å². The van der Waals surface area contributed by atoms with E-state index in [9.17, 15) is 0 Å². The molecule has 2 nitrogen and oxygen atoms in total. The molecule has 3 heteroatoms. The van der Waals surface area contributed by atoms with Gasteiger partial charge in [0.25, 0.3) is 0 Å². The van der Waals surface area contributed by atoms with Gasteiger partial charge in [-0.05, 0) is 61.6 Å².